The van der Waals surface area contributed by atoms with Crippen LogP contribution in [0.15, 0.2) is 55.0 Å². The van der Waals surface area contributed by atoms with Gasteiger partial charge in [0.15, 0.2) is 17.3 Å². The lowest BCUT2D eigenvalue weighted by atomic mass is 10.1. The highest BCUT2D eigenvalue weighted by Gasteiger charge is 2.30. The normalized spacial score (nSPS) is 17.2. The summed E-state index contributed by atoms with van der Waals surface area (Å²) in [7, 11) is 0. The topological polar surface area (TPSA) is 119 Å². The number of imidazole rings is 1. The van der Waals surface area contributed by atoms with E-state index in [0.29, 0.717) is 39.7 Å². The molecule has 0 aliphatic carbocycles. The molecule has 0 bridgehead atoms. The number of anilines is 2. The number of rotatable bonds is 5. The van der Waals surface area contributed by atoms with Gasteiger partial charge in [-0.05, 0) is 43.3 Å². The Morgan fingerprint density at radius 1 is 1.22 bits per heavy atom. The van der Waals surface area contributed by atoms with Gasteiger partial charge in [-0.25, -0.2) is 23.4 Å². The lowest BCUT2D eigenvalue weighted by Gasteiger charge is -2.17. The van der Waals surface area contributed by atoms with Crippen LogP contribution in [0.4, 0.5) is 20.3 Å². The predicted molar refractivity (Wildman–Crippen MR) is 129 cm³/mol. The third-order valence-corrected chi connectivity index (χ3v) is 6.11. The van der Waals surface area contributed by atoms with Gasteiger partial charge in [0.2, 0.25) is 0 Å². The van der Waals surface area contributed by atoms with Crippen LogP contribution in [0.2, 0.25) is 0 Å². The highest BCUT2D eigenvalue weighted by molar-refractivity contribution is 5.82. The summed E-state index contributed by atoms with van der Waals surface area (Å²) in [5.74, 6) is 0.781. The molecular formula is C25H19F2N9O. The van der Waals surface area contributed by atoms with Crippen molar-refractivity contribution >= 4 is 22.5 Å². The standard InChI is InChI=1S/C25H19F2N9O/c1-14-7-16(11-28)34-36(14)25-17(22-8-15(26)12-37-22)4-5-24(32-25)35-13-29-20-9-18(27)19(10-21(20)35)31-23-3-2-6-30-33-23/h2-7,9-10,13,15,22H,8,12H2,1H3,(H,31,33)/t15-,22-/m0/s1. The Kier molecular flexibility index (Phi) is 5.54. The van der Waals surface area contributed by atoms with E-state index >= 15 is 0 Å². The van der Waals surface area contributed by atoms with Crippen molar-refractivity contribution in [2.75, 3.05) is 11.9 Å². The summed E-state index contributed by atoms with van der Waals surface area (Å²) in [6.45, 7) is 1.81. The van der Waals surface area contributed by atoms with Crippen LogP contribution in [0.1, 0.15) is 29.5 Å². The van der Waals surface area contributed by atoms with E-state index in [1.165, 1.54) is 12.3 Å². The SMILES string of the molecule is Cc1cc(C#N)nn1-c1nc(-n2cnc3cc(F)c(Nc4cccnn4)cc32)ccc1[C@@H]1C[C@H](F)CO1. The number of benzene rings is 1. The number of nitrogens with zero attached hydrogens (tertiary/aromatic N) is 8. The number of hydrogen-bond acceptors (Lipinski definition) is 8. The first-order chi connectivity index (χ1) is 18.0. The summed E-state index contributed by atoms with van der Waals surface area (Å²) >= 11 is 0. The quantitative estimate of drug-likeness (QED) is 0.381. The minimum Gasteiger partial charge on any atom is -0.370 e. The van der Waals surface area contributed by atoms with Gasteiger partial charge >= 0.3 is 0 Å². The van der Waals surface area contributed by atoms with Gasteiger partial charge in [0.05, 0.1) is 29.4 Å². The summed E-state index contributed by atoms with van der Waals surface area (Å²) in [6, 6.07) is 13.6. The number of fused-ring (bicyclic) bond motifs is 1. The maximum Gasteiger partial charge on any atom is 0.163 e. The van der Waals surface area contributed by atoms with Gasteiger partial charge in [-0.15, -0.1) is 5.10 Å². The second-order valence-electron chi connectivity index (χ2n) is 8.60. The number of pyridine rings is 1. The molecule has 184 valence electrons. The zero-order chi connectivity index (χ0) is 25.5. The van der Waals surface area contributed by atoms with Crippen LogP contribution in [0.25, 0.3) is 22.7 Å². The number of aryl methyl sites for hydroxylation is 1. The van der Waals surface area contributed by atoms with E-state index in [-0.39, 0.29) is 24.4 Å². The molecule has 1 saturated heterocycles. The molecule has 10 nitrogen and oxygen atoms in total. The van der Waals surface area contributed by atoms with Gasteiger partial charge in [-0.1, -0.05) is 0 Å². The van der Waals surface area contributed by atoms with Crippen molar-refractivity contribution in [1.29, 1.82) is 5.26 Å². The van der Waals surface area contributed by atoms with Gasteiger partial charge < -0.3 is 10.1 Å². The van der Waals surface area contributed by atoms with E-state index in [1.54, 1.807) is 52.8 Å². The van der Waals surface area contributed by atoms with E-state index < -0.39 is 18.1 Å². The largest absolute Gasteiger partial charge is 0.370 e. The fourth-order valence-corrected chi connectivity index (χ4v) is 4.37. The second kappa shape index (κ2) is 9.03. The highest BCUT2D eigenvalue weighted by atomic mass is 19.1. The molecule has 0 spiro atoms. The third kappa shape index (κ3) is 4.15. The van der Waals surface area contributed by atoms with Gasteiger partial charge in [0.25, 0.3) is 0 Å². The first-order valence-electron chi connectivity index (χ1n) is 11.5. The minimum absolute atomic E-state index is 0.00663. The number of alkyl halides is 1. The number of halogens is 2. The summed E-state index contributed by atoms with van der Waals surface area (Å²) in [6.07, 6.45) is 1.69. The molecule has 1 fully saturated rings. The Balaban J connectivity index is 1.47. The molecule has 6 rings (SSSR count). The predicted octanol–water partition coefficient (Wildman–Crippen LogP) is 4.26. The molecule has 1 aliphatic heterocycles. The molecule has 5 aromatic rings. The smallest absolute Gasteiger partial charge is 0.163 e. The molecule has 1 aromatic carbocycles. The van der Waals surface area contributed by atoms with Gasteiger partial charge in [-0.3, -0.25) is 4.57 Å². The van der Waals surface area contributed by atoms with Crippen molar-refractivity contribution in [3.63, 3.8) is 0 Å². The first kappa shape index (κ1) is 22.7. The maximum absolute atomic E-state index is 14.8. The van der Waals surface area contributed by atoms with E-state index in [9.17, 15) is 14.0 Å². The lowest BCUT2D eigenvalue weighted by Crippen LogP contribution is -2.12. The zero-order valence-corrected chi connectivity index (χ0v) is 19.5. The molecule has 1 aliphatic rings. The summed E-state index contributed by atoms with van der Waals surface area (Å²) in [5, 5.41) is 24.4. The average molecular weight is 499 g/mol. The van der Waals surface area contributed by atoms with Crippen molar-refractivity contribution in [1.82, 2.24) is 34.5 Å². The first-order valence-corrected chi connectivity index (χ1v) is 11.5. The van der Waals surface area contributed by atoms with E-state index in [2.05, 4.69) is 25.6 Å². The maximum atomic E-state index is 14.8. The molecule has 0 amide bonds. The van der Waals surface area contributed by atoms with Crippen LogP contribution in [0.3, 0.4) is 0 Å². The zero-order valence-electron chi connectivity index (χ0n) is 19.5. The van der Waals surface area contributed by atoms with Crippen LogP contribution < -0.4 is 5.32 Å². The number of hydrogen-bond donors (Lipinski definition) is 1. The average Bonchev–Trinajstić information content (AvgIpc) is 3.62. The molecule has 0 radical (unpaired) electrons. The molecule has 0 saturated carbocycles. The molecule has 0 unspecified atom stereocenters. The van der Waals surface area contributed by atoms with Crippen LogP contribution >= 0.6 is 0 Å². The van der Waals surface area contributed by atoms with Crippen LogP contribution in [0.5, 0.6) is 0 Å². The van der Waals surface area contributed by atoms with Crippen molar-refractivity contribution in [3.05, 3.63) is 77.8 Å². The van der Waals surface area contributed by atoms with Crippen LogP contribution in [-0.2, 0) is 4.74 Å². The lowest BCUT2D eigenvalue weighted by molar-refractivity contribution is 0.103. The molecular weight excluding hydrogens is 480 g/mol. The van der Waals surface area contributed by atoms with Crippen molar-refractivity contribution in [3.8, 4) is 17.7 Å². The Labute approximate surface area is 209 Å². The fraction of sp³-hybridized carbons (Fsp3) is 0.200. The van der Waals surface area contributed by atoms with Crippen molar-refractivity contribution in [2.45, 2.75) is 25.6 Å². The fourth-order valence-electron chi connectivity index (χ4n) is 4.37. The second-order valence-corrected chi connectivity index (χ2v) is 8.60. The highest BCUT2D eigenvalue weighted by Crippen LogP contribution is 2.35. The summed E-state index contributed by atoms with van der Waals surface area (Å²) in [5.41, 5.74) is 2.78. The van der Waals surface area contributed by atoms with Crippen molar-refractivity contribution in [2.24, 2.45) is 0 Å². The van der Waals surface area contributed by atoms with Crippen molar-refractivity contribution < 1.29 is 13.5 Å². The van der Waals surface area contributed by atoms with Gasteiger partial charge in [0, 0.05) is 29.9 Å². The molecule has 5 heterocycles. The molecule has 12 heteroatoms. The summed E-state index contributed by atoms with van der Waals surface area (Å²) < 4.78 is 37.7. The molecule has 4 aromatic heterocycles. The Hall–Kier alpha value is -4.76. The number of nitriles is 1. The van der Waals surface area contributed by atoms with E-state index in [4.69, 9.17) is 9.72 Å². The molecule has 1 N–H and O–H groups in total. The van der Waals surface area contributed by atoms with E-state index in [0.717, 1.165) is 0 Å². The summed E-state index contributed by atoms with van der Waals surface area (Å²) in [4.78, 5) is 9.16. The number of aromatic nitrogens is 7. The Morgan fingerprint density at radius 3 is 2.84 bits per heavy atom. The van der Waals surface area contributed by atoms with E-state index in [1.807, 2.05) is 12.1 Å². The molecule has 37 heavy (non-hydrogen) atoms. The third-order valence-electron chi connectivity index (χ3n) is 6.11. The van der Waals surface area contributed by atoms with Crippen LogP contribution in [0, 0.1) is 24.1 Å². The Morgan fingerprint density at radius 2 is 2.11 bits per heavy atom. The Bertz CT molecular complexity index is 1660. The number of ether oxygens (including phenoxy) is 1. The van der Waals surface area contributed by atoms with Gasteiger partial charge in [-0.2, -0.15) is 15.5 Å². The monoisotopic (exact) mass is 499 g/mol. The van der Waals surface area contributed by atoms with Gasteiger partial charge in [0.1, 0.15) is 30.2 Å². The van der Waals surface area contributed by atoms with Crippen LogP contribution in [-0.4, -0.2) is 47.3 Å². The minimum atomic E-state index is -1.07. The molecule has 2 atom stereocenters. The number of nitrogens with one attached hydrogen (secondary N) is 1.